The third-order valence-electron chi connectivity index (χ3n) is 1.06. The summed E-state index contributed by atoms with van der Waals surface area (Å²) >= 11 is 5.21. The highest BCUT2D eigenvalue weighted by Gasteiger charge is 2.14. The minimum atomic E-state index is -1.23. The third kappa shape index (κ3) is 1.59. The van der Waals surface area contributed by atoms with Gasteiger partial charge >= 0.3 is 0 Å². The molecule has 0 heterocycles. The molecule has 0 aliphatic carbocycles. The Hall–Kier alpha value is -0.0300. The van der Waals surface area contributed by atoms with Crippen LogP contribution in [0.2, 0.25) is 0 Å². The summed E-state index contributed by atoms with van der Waals surface area (Å²) in [6, 6.07) is 0.850. The molecule has 0 nitrogen and oxygen atoms in total. The fourth-order valence-electron chi connectivity index (χ4n) is 0.544. The molecule has 60 valence electrons. The van der Waals surface area contributed by atoms with E-state index in [0.29, 0.717) is 0 Å². The predicted molar refractivity (Wildman–Crippen MR) is 41.7 cm³/mol. The number of hydrogen-bond donors (Lipinski definition) is 0. The fourth-order valence-corrected chi connectivity index (χ4v) is 1.21. The van der Waals surface area contributed by atoms with Crippen LogP contribution in [0.25, 0.3) is 0 Å². The molecular weight excluding hydrogens is 289 g/mol. The molecule has 0 amide bonds. The minimum absolute atomic E-state index is 0.226. The first-order chi connectivity index (χ1) is 5.04. The van der Waals surface area contributed by atoms with Crippen molar-refractivity contribution in [3.63, 3.8) is 0 Å². The van der Waals surface area contributed by atoms with Crippen LogP contribution >= 0.6 is 31.9 Å². The molecule has 0 bridgehead atoms. The molecule has 11 heavy (non-hydrogen) atoms. The zero-order valence-corrected chi connectivity index (χ0v) is 8.14. The highest BCUT2D eigenvalue weighted by molar-refractivity contribution is 9.11. The SMILES string of the molecule is Fc1cc(Br)c(F)c(F)c1Br. The van der Waals surface area contributed by atoms with Crippen molar-refractivity contribution in [3.05, 3.63) is 32.5 Å². The Balaban J connectivity index is 3.46. The van der Waals surface area contributed by atoms with Crippen molar-refractivity contribution in [1.29, 1.82) is 0 Å². The Morgan fingerprint density at radius 3 is 2.09 bits per heavy atom. The van der Waals surface area contributed by atoms with Crippen LogP contribution in [0.5, 0.6) is 0 Å². The summed E-state index contributed by atoms with van der Waals surface area (Å²) in [6.45, 7) is 0. The molecule has 0 atom stereocenters. The van der Waals surface area contributed by atoms with Gasteiger partial charge in [-0.05, 0) is 37.9 Å². The largest absolute Gasteiger partial charge is 0.206 e. The summed E-state index contributed by atoms with van der Waals surface area (Å²) < 4.78 is 36.9. The van der Waals surface area contributed by atoms with Gasteiger partial charge in [-0.2, -0.15) is 0 Å². The lowest BCUT2D eigenvalue weighted by Gasteiger charge is -1.99. The van der Waals surface area contributed by atoms with Crippen LogP contribution in [0.1, 0.15) is 0 Å². The highest BCUT2D eigenvalue weighted by atomic mass is 79.9. The van der Waals surface area contributed by atoms with Gasteiger partial charge < -0.3 is 0 Å². The van der Waals surface area contributed by atoms with Crippen molar-refractivity contribution in [2.45, 2.75) is 0 Å². The van der Waals surface area contributed by atoms with Crippen molar-refractivity contribution in [2.24, 2.45) is 0 Å². The smallest absolute Gasteiger partial charge is 0.177 e. The Morgan fingerprint density at radius 1 is 1.00 bits per heavy atom. The van der Waals surface area contributed by atoms with Crippen LogP contribution in [0.15, 0.2) is 15.0 Å². The van der Waals surface area contributed by atoms with Gasteiger partial charge in [-0.15, -0.1) is 0 Å². The normalized spacial score (nSPS) is 10.3. The lowest BCUT2D eigenvalue weighted by molar-refractivity contribution is 0.483. The van der Waals surface area contributed by atoms with Gasteiger partial charge in [0.25, 0.3) is 0 Å². The molecule has 0 fully saturated rings. The van der Waals surface area contributed by atoms with E-state index in [1.165, 1.54) is 0 Å². The van der Waals surface area contributed by atoms with Crippen molar-refractivity contribution in [1.82, 2.24) is 0 Å². The molecule has 5 heteroatoms. The lowest BCUT2D eigenvalue weighted by Crippen LogP contribution is -1.90. The van der Waals surface area contributed by atoms with Gasteiger partial charge in [0.05, 0.1) is 8.95 Å². The van der Waals surface area contributed by atoms with E-state index in [1.807, 2.05) is 0 Å². The first kappa shape index (κ1) is 9.06. The van der Waals surface area contributed by atoms with Gasteiger partial charge in [0.15, 0.2) is 11.6 Å². The Labute approximate surface area is 77.7 Å². The lowest BCUT2D eigenvalue weighted by atomic mass is 10.3. The van der Waals surface area contributed by atoms with Gasteiger partial charge in [0.2, 0.25) is 0 Å². The fraction of sp³-hybridized carbons (Fsp3) is 0. The van der Waals surface area contributed by atoms with Gasteiger partial charge in [-0.1, -0.05) is 0 Å². The molecule has 0 spiro atoms. The van der Waals surface area contributed by atoms with Crippen LogP contribution in [-0.2, 0) is 0 Å². The standard InChI is InChI=1S/C6HBr2F3/c7-2-1-3(9)4(8)6(11)5(2)10/h1H. The van der Waals surface area contributed by atoms with Crippen molar-refractivity contribution >= 4 is 31.9 Å². The second kappa shape index (κ2) is 3.15. The predicted octanol–water partition coefficient (Wildman–Crippen LogP) is 3.63. The summed E-state index contributed by atoms with van der Waals surface area (Å²) in [5.41, 5.74) is 0. The molecular formula is C6HBr2F3. The molecule has 1 aromatic rings. The molecule has 0 aliphatic heterocycles. The zero-order valence-electron chi connectivity index (χ0n) is 4.97. The van der Waals surface area contributed by atoms with Crippen LogP contribution in [0, 0.1) is 17.5 Å². The van der Waals surface area contributed by atoms with Crippen molar-refractivity contribution < 1.29 is 13.2 Å². The summed E-state index contributed by atoms with van der Waals surface area (Å²) in [7, 11) is 0. The van der Waals surface area contributed by atoms with E-state index in [1.54, 1.807) is 0 Å². The van der Waals surface area contributed by atoms with Gasteiger partial charge in [-0.3, -0.25) is 0 Å². The molecule has 0 aromatic heterocycles. The number of benzene rings is 1. The molecule has 0 saturated heterocycles. The Bertz CT molecular complexity index is 272. The molecule has 1 aromatic carbocycles. The van der Waals surface area contributed by atoms with Crippen LogP contribution < -0.4 is 0 Å². The highest BCUT2D eigenvalue weighted by Crippen LogP contribution is 2.27. The maximum absolute atomic E-state index is 12.6. The maximum atomic E-state index is 12.6. The van der Waals surface area contributed by atoms with E-state index in [9.17, 15) is 13.2 Å². The third-order valence-corrected chi connectivity index (χ3v) is 2.36. The average Bonchev–Trinajstić information content (AvgIpc) is 1.97. The first-order valence-electron chi connectivity index (χ1n) is 2.52. The van der Waals surface area contributed by atoms with E-state index < -0.39 is 21.9 Å². The second-order valence-electron chi connectivity index (χ2n) is 1.78. The quantitative estimate of drug-likeness (QED) is 0.505. The number of rotatable bonds is 0. The maximum Gasteiger partial charge on any atom is 0.177 e. The monoisotopic (exact) mass is 288 g/mol. The van der Waals surface area contributed by atoms with Crippen molar-refractivity contribution in [2.75, 3.05) is 0 Å². The summed E-state index contributed by atoms with van der Waals surface area (Å²) in [4.78, 5) is 0. The Morgan fingerprint density at radius 2 is 1.55 bits per heavy atom. The van der Waals surface area contributed by atoms with Gasteiger partial charge in [0.1, 0.15) is 5.82 Å². The molecule has 0 saturated carbocycles. The van der Waals surface area contributed by atoms with E-state index >= 15 is 0 Å². The Kier molecular flexibility index (Phi) is 2.59. The van der Waals surface area contributed by atoms with Crippen molar-refractivity contribution in [3.8, 4) is 0 Å². The van der Waals surface area contributed by atoms with Gasteiger partial charge in [0, 0.05) is 0 Å². The second-order valence-corrected chi connectivity index (χ2v) is 3.43. The average molecular weight is 290 g/mol. The molecule has 0 aliphatic rings. The summed E-state index contributed by atoms with van der Waals surface area (Å²) in [5.74, 6) is -3.16. The topological polar surface area (TPSA) is 0 Å². The number of halogens is 5. The van der Waals surface area contributed by atoms with Crippen LogP contribution in [0.3, 0.4) is 0 Å². The van der Waals surface area contributed by atoms with E-state index in [-0.39, 0.29) is 4.47 Å². The van der Waals surface area contributed by atoms with Gasteiger partial charge in [-0.25, -0.2) is 13.2 Å². The minimum Gasteiger partial charge on any atom is -0.206 e. The summed E-state index contributed by atoms with van der Waals surface area (Å²) in [6.07, 6.45) is 0. The molecule has 0 N–H and O–H groups in total. The van der Waals surface area contributed by atoms with E-state index in [0.717, 1.165) is 6.07 Å². The molecule has 0 unspecified atom stereocenters. The molecule has 0 radical (unpaired) electrons. The summed E-state index contributed by atoms with van der Waals surface area (Å²) in [5, 5.41) is 0. The van der Waals surface area contributed by atoms with Crippen LogP contribution in [0.4, 0.5) is 13.2 Å². The number of hydrogen-bond acceptors (Lipinski definition) is 0. The zero-order chi connectivity index (χ0) is 8.59. The van der Waals surface area contributed by atoms with Crippen LogP contribution in [-0.4, -0.2) is 0 Å². The van der Waals surface area contributed by atoms with E-state index in [4.69, 9.17) is 0 Å². The first-order valence-corrected chi connectivity index (χ1v) is 4.11. The molecule has 1 rings (SSSR count). The van der Waals surface area contributed by atoms with E-state index in [2.05, 4.69) is 31.9 Å².